The molecule has 0 aliphatic carbocycles. The number of nitrogens with two attached hydrogens (primary N) is 1. The third-order valence-electron chi connectivity index (χ3n) is 3.29. The number of carbonyl (C=O) groups is 1. The Kier molecular flexibility index (Phi) is 3.51. The van der Waals surface area contributed by atoms with E-state index in [9.17, 15) is 4.79 Å². The zero-order chi connectivity index (χ0) is 14.7. The Hall–Kier alpha value is -2.89. The second-order valence-electron chi connectivity index (χ2n) is 4.70. The Bertz CT molecular complexity index is 775. The van der Waals surface area contributed by atoms with Gasteiger partial charge in [0.25, 0.3) is 5.91 Å². The van der Waals surface area contributed by atoms with Crippen LogP contribution in [-0.2, 0) is 6.42 Å². The number of rotatable bonds is 4. The maximum Gasteiger partial charge on any atom is 0.271 e. The molecular weight excluding hydrogens is 266 g/mol. The first-order chi connectivity index (χ1) is 10.3. The number of pyridine rings is 1. The van der Waals surface area contributed by atoms with Gasteiger partial charge in [0.1, 0.15) is 5.69 Å². The van der Waals surface area contributed by atoms with Crippen molar-refractivity contribution in [1.82, 2.24) is 20.5 Å². The van der Waals surface area contributed by atoms with Crippen molar-refractivity contribution in [3.63, 3.8) is 0 Å². The molecule has 3 rings (SSSR count). The van der Waals surface area contributed by atoms with Gasteiger partial charge in [0.15, 0.2) is 0 Å². The quantitative estimate of drug-likeness (QED) is 0.675. The summed E-state index contributed by atoms with van der Waals surface area (Å²) in [4.78, 5) is 16.3. The number of hydrogen-bond donors (Lipinski definition) is 3. The summed E-state index contributed by atoms with van der Waals surface area (Å²) in [6.45, 7) is 0.507. The van der Waals surface area contributed by atoms with Crippen LogP contribution >= 0.6 is 0 Å². The number of aromatic nitrogens is 3. The number of nitrogen functional groups attached to an aromatic ring is 1. The maximum atomic E-state index is 11.9. The molecule has 3 aromatic rings. The molecule has 4 N–H and O–H groups in total. The Balaban J connectivity index is 1.67. The number of para-hydroxylation sites is 1. The molecule has 0 unspecified atom stereocenters. The van der Waals surface area contributed by atoms with Crippen LogP contribution in [0.1, 0.15) is 16.1 Å². The van der Waals surface area contributed by atoms with Crippen molar-refractivity contribution in [2.75, 3.05) is 12.3 Å². The summed E-state index contributed by atoms with van der Waals surface area (Å²) >= 11 is 0. The highest BCUT2D eigenvalue weighted by molar-refractivity contribution is 5.96. The summed E-state index contributed by atoms with van der Waals surface area (Å²) in [6.07, 6.45) is 3.90. The summed E-state index contributed by atoms with van der Waals surface area (Å²) in [5.74, 6) is -0.252. The van der Waals surface area contributed by atoms with Gasteiger partial charge in [-0.2, -0.15) is 5.10 Å². The Morgan fingerprint density at radius 2 is 2.14 bits per heavy atom. The lowest BCUT2D eigenvalue weighted by atomic mass is 10.1. The van der Waals surface area contributed by atoms with E-state index in [-0.39, 0.29) is 5.91 Å². The van der Waals surface area contributed by atoms with Gasteiger partial charge in [-0.3, -0.25) is 14.9 Å². The molecule has 106 valence electrons. The first-order valence-electron chi connectivity index (χ1n) is 6.65. The molecule has 1 amide bonds. The molecule has 0 spiro atoms. The van der Waals surface area contributed by atoms with Gasteiger partial charge in [-0.05, 0) is 18.1 Å². The van der Waals surface area contributed by atoms with Crippen LogP contribution in [0, 0.1) is 0 Å². The fourth-order valence-electron chi connectivity index (χ4n) is 2.25. The molecule has 2 heterocycles. The second kappa shape index (κ2) is 5.62. The molecule has 0 atom stereocenters. The van der Waals surface area contributed by atoms with Crippen molar-refractivity contribution in [3.8, 4) is 0 Å². The molecule has 0 aliphatic rings. The molecule has 0 fully saturated rings. The Labute approximate surface area is 121 Å². The minimum atomic E-state index is -0.252. The molecule has 0 saturated carbocycles. The van der Waals surface area contributed by atoms with E-state index in [4.69, 9.17) is 5.73 Å². The predicted molar refractivity (Wildman–Crippen MR) is 80.8 cm³/mol. The zero-order valence-electron chi connectivity index (χ0n) is 11.3. The summed E-state index contributed by atoms with van der Waals surface area (Å²) in [5.41, 5.74) is 8.35. The fourth-order valence-corrected chi connectivity index (χ4v) is 2.25. The number of nitrogens with zero attached hydrogens (tertiary/aromatic N) is 2. The summed E-state index contributed by atoms with van der Waals surface area (Å²) < 4.78 is 0. The molecule has 0 bridgehead atoms. The van der Waals surface area contributed by atoms with Gasteiger partial charge in [-0.15, -0.1) is 0 Å². The number of H-pyrrole nitrogens is 1. The Morgan fingerprint density at radius 1 is 1.29 bits per heavy atom. The number of nitrogens with one attached hydrogen (secondary N) is 2. The van der Waals surface area contributed by atoms with Crippen LogP contribution in [0.15, 0.2) is 42.7 Å². The molecule has 6 heteroatoms. The molecule has 0 radical (unpaired) electrons. The number of fused-ring (bicyclic) bond motifs is 1. The third kappa shape index (κ3) is 2.69. The maximum absolute atomic E-state index is 11.9. The van der Waals surface area contributed by atoms with Crippen LogP contribution in [0.25, 0.3) is 10.9 Å². The average molecular weight is 281 g/mol. The van der Waals surface area contributed by atoms with E-state index in [1.165, 1.54) is 6.20 Å². The van der Waals surface area contributed by atoms with E-state index < -0.39 is 0 Å². The minimum absolute atomic E-state index is 0.252. The van der Waals surface area contributed by atoms with Crippen LogP contribution in [0.2, 0.25) is 0 Å². The largest absolute Gasteiger partial charge is 0.396 e. The first kappa shape index (κ1) is 13.1. The van der Waals surface area contributed by atoms with Crippen molar-refractivity contribution >= 4 is 22.5 Å². The molecule has 1 aromatic carbocycles. The minimum Gasteiger partial charge on any atom is -0.396 e. The van der Waals surface area contributed by atoms with Gasteiger partial charge in [0.2, 0.25) is 0 Å². The van der Waals surface area contributed by atoms with Crippen LogP contribution in [0.5, 0.6) is 0 Å². The lowest BCUT2D eigenvalue weighted by Crippen LogP contribution is -2.26. The second-order valence-corrected chi connectivity index (χ2v) is 4.70. The van der Waals surface area contributed by atoms with E-state index in [0.29, 0.717) is 24.3 Å². The van der Waals surface area contributed by atoms with Gasteiger partial charge in [0, 0.05) is 18.1 Å². The highest BCUT2D eigenvalue weighted by Crippen LogP contribution is 2.16. The lowest BCUT2D eigenvalue weighted by Gasteiger charge is -2.07. The van der Waals surface area contributed by atoms with Gasteiger partial charge < -0.3 is 11.1 Å². The average Bonchev–Trinajstić information content (AvgIpc) is 2.93. The van der Waals surface area contributed by atoms with Crippen molar-refractivity contribution in [1.29, 1.82) is 0 Å². The molecule has 2 aromatic heterocycles. The topological polar surface area (TPSA) is 96.7 Å². The van der Waals surface area contributed by atoms with Gasteiger partial charge in [0.05, 0.1) is 17.4 Å². The fraction of sp³-hybridized carbons (Fsp3) is 0.133. The number of benzene rings is 1. The highest BCUT2D eigenvalue weighted by atomic mass is 16.1. The Morgan fingerprint density at radius 3 is 2.95 bits per heavy atom. The van der Waals surface area contributed by atoms with E-state index in [1.807, 2.05) is 30.3 Å². The van der Waals surface area contributed by atoms with E-state index in [2.05, 4.69) is 20.5 Å². The summed E-state index contributed by atoms with van der Waals surface area (Å²) in [7, 11) is 0. The van der Waals surface area contributed by atoms with Crippen molar-refractivity contribution in [2.24, 2.45) is 0 Å². The molecule has 6 nitrogen and oxygen atoms in total. The first-order valence-corrected chi connectivity index (χ1v) is 6.65. The number of carbonyl (C=O) groups excluding carboxylic acids is 1. The van der Waals surface area contributed by atoms with E-state index in [1.54, 1.807) is 6.20 Å². The smallest absolute Gasteiger partial charge is 0.271 e. The SMILES string of the molecule is Nc1cn[nH]c1C(=O)NCCc1cccc2cccnc12. The summed E-state index contributed by atoms with van der Waals surface area (Å²) in [5, 5.41) is 10.2. The van der Waals surface area contributed by atoms with E-state index >= 15 is 0 Å². The summed E-state index contributed by atoms with van der Waals surface area (Å²) in [6, 6.07) is 9.97. The van der Waals surface area contributed by atoms with E-state index in [0.717, 1.165) is 16.5 Å². The van der Waals surface area contributed by atoms with Crippen LogP contribution in [0.3, 0.4) is 0 Å². The molecular formula is C15H15N5O. The number of anilines is 1. The molecule has 21 heavy (non-hydrogen) atoms. The molecule has 0 aliphatic heterocycles. The third-order valence-corrected chi connectivity index (χ3v) is 3.29. The van der Waals surface area contributed by atoms with Crippen LogP contribution < -0.4 is 11.1 Å². The van der Waals surface area contributed by atoms with Crippen molar-refractivity contribution in [2.45, 2.75) is 6.42 Å². The monoisotopic (exact) mass is 281 g/mol. The van der Waals surface area contributed by atoms with Crippen LogP contribution in [-0.4, -0.2) is 27.6 Å². The van der Waals surface area contributed by atoms with Crippen LogP contribution in [0.4, 0.5) is 5.69 Å². The highest BCUT2D eigenvalue weighted by Gasteiger charge is 2.11. The predicted octanol–water partition coefficient (Wildman–Crippen LogP) is 1.51. The number of hydrogen-bond acceptors (Lipinski definition) is 4. The zero-order valence-corrected chi connectivity index (χ0v) is 11.3. The van der Waals surface area contributed by atoms with Gasteiger partial charge in [-0.25, -0.2) is 0 Å². The lowest BCUT2D eigenvalue weighted by molar-refractivity contribution is 0.0950. The number of aromatic amines is 1. The van der Waals surface area contributed by atoms with Gasteiger partial charge >= 0.3 is 0 Å². The molecule has 0 saturated heterocycles. The van der Waals surface area contributed by atoms with Crippen molar-refractivity contribution < 1.29 is 4.79 Å². The van der Waals surface area contributed by atoms with Gasteiger partial charge in [-0.1, -0.05) is 24.3 Å². The normalized spacial score (nSPS) is 10.7. The van der Waals surface area contributed by atoms with Crippen molar-refractivity contribution in [3.05, 3.63) is 54.0 Å². The standard InChI is InChI=1S/C15H15N5O/c16-12-9-19-20-14(12)15(21)18-8-6-11-4-1-3-10-5-2-7-17-13(10)11/h1-5,7,9H,6,8,16H2,(H,18,21)(H,19,20). The number of amides is 1.